The van der Waals surface area contributed by atoms with E-state index in [0.717, 1.165) is 5.56 Å². The van der Waals surface area contributed by atoms with E-state index in [1.54, 1.807) is 81.4 Å². The molecular weight excluding hydrogens is 1460 g/mol. The minimum Gasteiger partial charge on any atom is -0.385 e. The van der Waals surface area contributed by atoms with Gasteiger partial charge in [-0.1, -0.05) is 134 Å². The molecule has 580 valence electrons. The fourth-order valence-electron chi connectivity index (χ4n) is 13.0. The molecule has 0 bridgehead atoms. The summed E-state index contributed by atoms with van der Waals surface area (Å²) < 4.78 is 211. The molecule has 39 nitrogen and oxygen atoms in total. The molecule has 9 rings (SSSR count). The lowest BCUT2D eigenvalue weighted by Crippen LogP contribution is -2.64. The quantitative estimate of drug-likeness (QED) is 0.0118. The molecule has 6 fully saturated rings. The van der Waals surface area contributed by atoms with Crippen LogP contribution in [0.5, 0.6) is 0 Å². The van der Waals surface area contributed by atoms with Crippen LogP contribution in [0.2, 0.25) is 0 Å². The van der Waals surface area contributed by atoms with Crippen LogP contribution in [0, 0.1) is 36.0 Å². The maximum atomic E-state index is 12.5. The summed E-state index contributed by atoms with van der Waals surface area (Å²) in [5.74, 6) is -1.03. The van der Waals surface area contributed by atoms with Crippen molar-refractivity contribution in [1.82, 2.24) is 0 Å². The van der Waals surface area contributed by atoms with Crippen LogP contribution in [0.4, 0.5) is 0 Å². The van der Waals surface area contributed by atoms with Gasteiger partial charge in [0.1, 0.15) is 61.0 Å². The van der Waals surface area contributed by atoms with Crippen LogP contribution < -0.4 is 0 Å². The Morgan fingerprint density at radius 1 is 0.457 bits per heavy atom. The SMILES string of the molecule is C#CCCCO[C@@H]1OC(COS(=O)(=O)O)[C@@H](O[C@@H]2OC[C@@H](O[C@@H]3OC(COS(=O)(=O)O)[C@@H](O[C@@H]4OC[C@@H](O[C@@H]5OC(COS(=O)(=O)O)[C@@H](O[C@@H]6OC[C@@H](C)[C@@H](OCc7ccccc7)C6O)[C@H](C)C5N=[N+]=[N-])[C@@H](OCc5ccccc5)C4O)[C@H](C)C3N=[N+]=[N-])[C@@H](OCc3ccccc3)C2O)[C@H](C)C1N=[N+]=[N-]. The standard InChI is InChI=1S/C63H85N9O30S3/c1-6-7-17-24-85-58-46(67-70-64)35(3)53(43(95-58)31-92-103(76,77)78)101-62-50(74)56(87-27-39-20-13-9-14-21-39)41(29-90-62)97-60-48(69-72-66)37(5)55(45(99-60)33-94-105(82,83)84)102-63-51(75)57(88-28-40-22-15-10-16-23-40)42(30-91-63)96-59-47(68-71-65)36(4)54(44(98-59)32-93-104(79,80)81)100-61-49(73)52(34(2)25-89-61)86-26-38-18-11-8-12-19-38/h1,8-16,18-23,34-37,41-63,73-75H,7,17,24-33H2,2-5H3,(H,76,77,78)(H,79,80,81)(H,82,83,84)/t34-,35-,36-,37-,41-,42-,43?,44?,45?,46?,47?,48?,49?,50?,51?,52-,53+,54+,55+,56-,57-,58-,59-,60-,61+,62+,63+/m1/s1. The number of nitrogens with zero attached hydrogens (tertiary/aromatic N) is 9. The predicted octanol–water partition coefficient (Wildman–Crippen LogP) is 4.46. The summed E-state index contributed by atoms with van der Waals surface area (Å²) in [4.78, 5) is 9.00. The van der Waals surface area contributed by atoms with Gasteiger partial charge >= 0.3 is 31.2 Å². The molecule has 42 heteroatoms. The van der Waals surface area contributed by atoms with Crippen molar-refractivity contribution in [1.29, 1.82) is 0 Å². The van der Waals surface area contributed by atoms with E-state index in [-0.39, 0.29) is 39.0 Å². The molecule has 6 saturated heterocycles. The third-order valence-corrected chi connectivity index (χ3v) is 19.6. The third-order valence-electron chi connectivity index (χ3n) is 18.3. The second-order valence-corrected chi connectivity index (χ2v) is 28.9. The summed E-state index contributed by atoms with van der Waals surface area (Å²) in [5.41, 5.74) is 31.8. The van der Waals surface area contributed by atoms with Crippen molar-refractivity contribution in [2.45, 2.75) is 202 Å². The van der Waals surface area contributed by atoms with Gasteiger partial charge in [-0.25, -0.2) is 12.5 Å². The van der Waals surface area contributed by atoms with Gasteiger partial charge in [0, 0.05) is 27.1 Å². The van der Waals surface area contributed by atoms with Gasteiger partial charge in [-0.15, -0.1) is 12.3 Å². The molecule has 0 aliphatic carbocycles. The Bertz CT molecular complexity index is 3780. The number of aliphatic hydroxyl groups excluding tert-OH is 3. The molecule has 6 N–H and O–H groups in total. The van der Waals surface area contributed by atoms with Crippen LogP contribution in [-0.4, -0.2) is 242 Å². The van der Waals surface area contributed by atoms with Gasteiger partial charge in [-0.05, 0) is 57.5 Å². The molecule has 3 aromatic carbocycles. The maximum absolute atomic E-state index is 12.5. The molecule has 0 radical (unpaired) electrons. The van der Waals surface area contributed by atoms with Gasteiger partial charge in [-0.3, -0.25) is 13.7 Å². The van der Waals surface area contributed by atoms with Gasteiger partial charge in [0.2, 0.25) is 0 Å². The number of aliphatic hydroxyl groups is 3. The Kier molecular flexibility index (Phi) is 30.8. The zero-order valence-electron chi connectivity index (χ0n) is 57.0. The fourth-order valence-corrected chi connectivity index (χ4v) is 14.0. The highest BCUT2D eigenvalue weighted by Crippen LogP contribution is 2.41. The van der Waals surface area contributed by atoms with Crippen molar-refractivity contribution in [3.63, 3.8) is 0 Å². The van der Waals surface area contributed by atoms with Crippen molar-refractivity contribution in [3.05, 3.63) is 139 Å². The summed E-state index contributed by atoms with van der Waals surface area (Å²) in [6.45, 7) is 2.11. The minimum absolute atomic E-state index is 0.0157. The molecule has 3 aromatic rings. The first kappa shape index (κ1) is 83.1. The second-order valence-electron chi connectivity index (χ2n) is 25.6. The molecule has 0 aromatic heterocycles. The van der Waals surface area contributed by atoms with E-state index in [0.29, 0.717) is 24.0 Å². The van der Waals surface area contributed by atoms with Gasteiger partial charge in [-0.2, -0.15) is 25.3 Å². The highest BCUT2D eigenvalue weighted by Gasteiger charge is 2.56. The Morgan fingerprint density at radius 3 is 1.12 bits per heavy atom. The predicted molar refractivity (Wildman–Crippen MR) is 355 cm³/mol. The number of rotatable bonds is 35. The van der Waals surface area contributed by atoms with Crippen molar-refractivity contribution < 1.29 is 138 Å². The number of benzene rings is 3. The fraction of sp³-hybridized carbons (Fsp3) is 0.683. The molecule has 6 aliphatic heterocycles. The molecule has 0 amide bonds. The lowest BCUT2D eigenvalue weighted by Gasteiger charge is -2.50. The minimum atomic E-state index is -5.28. The van der Waals surface area contributed by atoms with Crippen LogP contribution in [0.25, 0.3) is 31.3 Å². The highest BCUT2D eigenvalue weighted by molar-refractivity contribution is 7.81. The topological polar surface area (TPSA) is 536 Å². The second kappa shape index (κ2) is 38.9. The molecular formula is C63H85N9O30S3. The van der Waals surface area contributed by atoms with Crippen LogP contribution >= 0.6 is 0 Å². The summed E-state index contributed by atoms with van der Waals surface area (Å²) in [5, 5.41) is 48.4. The first-order valence-corrected chi connectivity index (χ1v) is 37.4. The number of unbranched alkanes of at least 4 members (excludes halogenated alkanes) is 1. The summed E-state index contributed by atoms with van der Waals surface area (Å²) in [6.07, 6.45) is -24.5. The van der Waals surface area contributed by atoms with Crippen molar-refractivity contribution in [2.24, 2.45) is 39.0 Å². The number of terminal acetylenes is 1. The van der Waals surface area contributed by atoms with Crippen LogP contribution in [0.3, 0.4) is 0 Å². The Hall–Kier alpha value is -5.96. The Labute approximate surface area is 604 Å². The van der Waals surface area contributed by atoms with Crippen molar-refractivity contribution in [2.75, 3.05) is 46.2 Å². The first-order valence-electron chi connectivity index (χ1n) is 33.3. The molecule has 105 heavy (non-hydrogen) atoms. The lowest BCUT2D eigenvalue weighted by molar-refractivity contribution is -0.364. The largest absolute Gasteiger partial charge is 0.397 e. The molecule has 27 atom stereocenters. The zero-order valence-corrected chi connectivity index (χ0v) is 59.5. The zero-order chi connectivity index (χ0) is 75.6. The van der Waals surface area contributed by atoms with E-state index in [1.165, 1.54) is 6.92 Å². The monoisotopic (exact) mass is 1540 g/mol. The Morgan fingerprint density at radius 2 is 0.781 bits per heavy atom. The van der Waals surface area contributed by atoms with E-state index >= 15 is 0 Å². The molecule has 6 heterocycles. The van der Waals surface area contributed by atoms with E-state index in [1.807, 2.05) is 30.3 Å². The smallest absolute Gasteiger partial charge is 0.385 e. The van der Waals surface area contributed by atoms with Gasteiger partial charge < -0.3 is 86.4 Å². The van der Waals surface area contributed by atoms with Gasteiger partial charge in [0.15, 0.2) is 37.7 Å². The number of hydrogen-bond donors (Lipinski definition) is 6. The lowest BCUT2D eigenvalue weighted by atomic mass is 9.88. The van der Waals surface area contributed by atoms with Crippen molar-refractivity contribution >= 4 is 31.2 Å². The summed E-state index contributed by atoms with van der Waals surface area (Å²) >= 11 is 0. The van der Waals surface area contributed by atoms with E-state index in [4.69, 9.17) is 90.0 Å². The van der Waals surface area contributed by atoms with E-state index in [2.05, 4.69) is 36.0 Å². The van der Waals surface area contributed by atoms with E-state index in [9.17, 15) is 70.8 Å². The normalized spacial score (nSPS) is 36.1. The average molecular weight is 1540 g/mol. The Balaban J connectivity index is 0.955. The van der Waals surface area contributed by atoms with Gasteiger partial charge in [0.25, 0.3) is 0 Å². The van der Waals surface area contributed by atoms with E-state index < -0.39 is 223 Å². The number of ether oxygens (including phenoxy) is 15. The number of azide groups is 3. The average Bonchev–Trinajstić information content (AvgIpc) is 0.777. The van der Waals surface area contributed by atoms with Gasteiger partial charge in [0.05, 0.1) is 109 Å². The van der Waals surface area contributed by atoms with Crippen molar-refractivity contribution in [3.8, 4) is 12.3 Å². The van der Waals surface area contributed by atoms with Crippen LogP contribution in [0.15, 0.2) is 106 Å². The maximum Gasteiger partial charge on any atom is 0.397 e. The molecule has 0 saturated carbocycles. The summed E-state index contributed by atoms with van der Waals surface area (Å²) in [6, 6.07) is 22.3. The van der Waals surface area contributed by atoms with Crippen LogP contribution in [0.1, 0.15) is 57.2 Å². The summed E-state index contributed by atoms with van der Waals surface area (Å²) in [7, 11) is -15.5. The third kappa shape index (κ3) is 23.3. The molecule has 6 aliphatic rings. The highest BCUT2D eigenvalue weighted by atomic mass is 32.3. The van der Waals surface area contributed by atoms with Crippen LogP contribution in [-0.2, 0) is 135 Å². The molecule has 0 spiro atoms. The first-order chi connectivity index (χ1) is 50.2. The number of hydrogen-bond acceptors (Lipinski definition) is 30. The molecule has 9 unspecified atom stereocenters.